The van der Waals surface area contributed by atoms with E-state index in [4.69, 9.17) is 9.47 Å². The number of carbonyl (C=O) groups excluding carboxylic acids is 3. The summed E-state index contributed by atoms with van der Waals surface area (Å²) in [7, 11) is 1.63. The molecular formula is C27H37N3O5. The van der Waals surface area contributed by atoms with E-state index in [2.05, 4.69) is 4.90 Å². The monoisotopic (exact) mass is 483 g/mol. The van der Waals surface area contributed by atoms with Crippen LogP contribution in [0.3, 0.4) is 0 Å². The number of methoxy groups -OCH3 is 1. The number of piperazine rings is 1. The lowest BCUT2D eigenvalue weighted by atomic mass is 9.85. The van der Waals surface area contributed by atoms with Crippen LogP contribution in [-0.4, -0.2) is 84.9 Å². The van der Waals surface area contributed by atoms with Gasteiger partial charge in [-0.25, -0.2) is 0 Å². The highest BCUT2D eigenvalue weighted by molar-refractivity contribution is 6.08. The Bertz CT molecular complexity index is 911. The van der Waals surface area contributed by atoms with Gasteiger partial charge < -0.3 is 14.4 Å². The molecule has 0 N–H and O–H groups in total. The normalized spacial score (nSPS) is 23.5. The molecule has 3 atom stereocenters. The summed E-state index contributed by atoms with van der Waals surface area (Å²) in [6.07, 6.45) is 5.63. The third-order valence-corrected chi connectivity index (χ3v) is 7.25. The number of imide groups is 1. The first-order chi connectivity index (χ1) is 16.9. The number of benzene rings is 1. The van der Waals surface area contributed by atoms with Crippen LogP contribution in [0.5, 0.6) is 11.5 Å². The molecule has 2 heterocycles. The number of hydrogen-bond donors (Lipinski definition) is 0. The number of carbonyl (C=O) groups is 3. The van der Waals surface area contributed by atoms with Gasteiger partial charge >= 0.3 is 0 Å². The van der Waals surface area contributed by atoms with Crippen molar-refractivity contribution in [1.29, 1.82) is 0 Å². The average molecular weight is 484 g/mol. The first kappa shape index (κ1) is 25.2. The number of fused-ring (bicyclic) bond motifs is 1. The van der Waals surface area contributed by atoms with Crippen LogP contribution < -0.4 is 9.47 Å². The topological polar surface area (TPSA) is 79.4 Å². The fourth-order valence-electron chi connectivity index (χ4n) is 5.26. The fraction of sp³-hybridized carbons (Fsp3) is 0.593. The lowest BCUT2D eigenvalue weighted by Gasteiger charge is -2.38. The predicted octanol–water partition coefficient (Wildman–Crippen LogP) is 2.58. The molecule has 3 unspecified atom stereocenters. The summed E-state index contributed by atoms with van der Waals surface area (Å²) in [5, 5.41) is 0. The number of likely N-dealkylation sites (tertiary alicyclic amines) is 1. The Morgan fingerprint density at radius 3 is 2.06 bits per heavy atom. The summed E-state index contributed by atoms with van der Waals surface area (Å²) in [5.74, 6) is 0.738. The largest absolute Gasteiger partial charge is 0.497 e. The van der Waals surface area contributed by atoms with Crippen LogP contribution >= 0.6 is 0 Å². The zero-order valence-electron chi connectivity index (χ0n) is 21.0. The lowest BCUT2D eigenvalue weighted by molar-refractivity contribution is -0.153. The van der Waals surface area contributed by atoms with E-state index in [1.165, 1.54) is 4.90 Å². The Morgan fingerprint density at radius 2 is 1.51 bits per heavy atom. The predicted molar refractivity (Wildman–Crippen MR) is 132 cm³/mol. The van der Waals surface area contributed by atoms with Crippen LogP contribution in [0.15, 0.2) is 36.4 Å². The van der Waals surface area contributed by atoms with E-state index in [0.717, 1.165) is 31.1 Å². The lowest BCUT2D eigenvalue weighted by Crippen LogP contribution is -2.56. The second-order valence-electron chi connectivity index (χ2n) is 10.0. The van der Waals surface area contributed by atoms with E-state index >= 15 is 0 Å². The second-order valence-corrected chi connectivity index (χ2v) is 10.0. The maximum Gasteiger partial charge on any atom is 0.245 e. The highest BCUT2D eigenvalue weighted by Gasteiger charge is 2.51. The van der Waals surface area contributed by atoms with Crippen molar-refractivity contribution in [1.82, 2.24) is 14.7 Å². The minimum Gasteiger partial charge on any atom is -0.497 e. The van der Waals surface area contributed by atoms with Crippen molar-refractivity contribution in [3.8, 4) is 11.5 Å². The highest BCUT2D eigenvalue weighted by Crippen LogP contribution is 2.37. The van der Waals surface area contributed by atoms with E-state index < -0.39 is 6.04 Å². The van der Waals surface area contributed by atoms with Gasteiger partial charge in [-0.05, 0) is 49.4 Å². The Kier molecular flexibility index (Phi) is 8.11. The first-order valence-electron chi connectivity index (χ1n) is 12.7. The minimum absolute atomic E-state index is 0.0962. The molecule has 190 valence electrons. The molecule has 3 amide bonds. The van der Waals surface area contributed by atoms with Gasteiger partial charge in [0.15, 0.2) is 0 Å². The maximum absolute atomic E-state index is 13.6. The smallest absolute Gasteiger partial charge is 0.245 e. The summed E-state index contributed by atoms with van der Waals surface area (Å²) >= 11 is 0. The molecule has 0 saturated carbocycles. The van der Waals surface area contributed by atoms with Crippen molar-refractivity contribution < 1.29 is 23.9 Å². The third kappa shape index (κ3) is 5.69. The Hall–Kier alpha value is -2.87. The van der Waals surface area contributed by atoms with Crippen molar-refractivity contribution in [3.05, 3.63) is 36.4 Å². The quantitative estimate of drug-likeness (QED) is 0.397. The molecule has 0 radical (unpaired) electrons. The standard InChI is InChI=1S/C27H37N3O5/c1-19(2)18-24(30-25(31)22-6-4-5-7-23(22)26(30)32)27(33)29-14-12-28(13-15-29)16-17-35-21-10-8-20(34-3)9-11-21/h4-5,8-11,19,22-24H,6-7,12-18H2,1-3H3. The van der Waals surface area contributed by atoms with Crippen LogP contribution in [0.2, 0.25) is 0 Å². The average Bonchev–Trinajstić information content (AvgIpc) is 3.13. The van der Waals surface area contributed by atoms with Gasteiger partial charge in [0.1, 0.15) is 24.1 Å². The van der Waals surface area contributed by atoms with Gasteiger partial charge in [-0.2, -0.15) is 0 Å². The van der Waals surface area contributed by atoms with Gasteiger partial charge in [0.25, 0.3) is 0 Å². The van der Waals surface area contributed by atoms with E-state index in [0.29, 0.717) is 39.0 Å². The van der Waals surface area contributed by atoms with Crippen LogP contribution in [0.4, 0.5) is 0 Å². The molecule has 2 fully saturated rings. The Labute approximate surface area is 207 Å². The molecule has 1 aromatic carbocycles. The van der Waals surface area contributed by atoms with E-state index in [-0.39, 0.29) is 35.5 Å². The Balaban J connectivity index is 1.31. The van der Waals surface area contributed by atoms with Crippen LogP contribution in [0.1, 0.15) is 33.1 Å². The van der Waals surface area contributed by atoms with E-state index in [9.17, 15) is 14.4 Å². The first-order valence-corrected chi connectivity index (χ1v) is 12.7. The van der Waals surface area contributed by atoms with E-state index in [1.807, 2.05) is 55.2 Å². The zero-order valence-corrected chi connectivity index (χ0v) is 21.0. The van der Waals surface area contributed by atoms with Crippen molar-refractivity contribution in [3.63, 3.8) is 0 Å². The molecule has 4 rings (SSSR count). The van der Waals surface area contributed by atoms with Gasteiger partial charge in [0.2, 0.25) is 17.7 Å². The third-order valence-electron chi connectivity index (χ3n) is 7.25. The number of ether oxygens (including phenoxy) is 2. The van der Waals surface area contributed by atoms with Gasteiger partial charge in [0, 0.05) is 32.7 Å². The van der Waals surface area contributed by atoms with Crippen molar-refractivity contribution in [2.24, 2.45) is 17.8 Å². The molecule has 8 heteroatoms. The van der Waals surface area contributed by atoms with Gasteiger partial charge in [-0.15, -0.1) is 0 Å². The summed E-state index contributed by atoms with van der Waals surface area (Å²) < 4.78 is 11.0. The molecule has 1 aliphatic carbocycles. The number of allylic oxidation sites excluding steroid dienone is 2. The SMILES string of the molecule is COc1ccc(OCCN2CCN(C(=O)C(CC(C)C)N3C(=O)C4CC=CCC4C3=O)CC2)cc1. The molecule has 0 aromatic heterocycles. The molecule has 8 nitrogen and oxygen atoms in total. The van der Waals surface area contributed by atoms with Gasteiger partial charge in [-0.1, -0.05) is 26.0 Å². The summed E-state index contributed by atoms with van der Waals surface area (Å²) in [5.41, 5.74) is 0. The minimum atomic E-state index is -0.703. The zero-order chi connectivity index (χ0) is 24.9. The molecule has 0 spiro atoms. The number of amides is 3. The summed E-state index contributed by atoms with van der Waals surface area (Å²) in [4.78, 5) is 45.3. The molecule has 3 aliphatic rings. The highest BCUT2D eigenvalue weighted by atomic mass is 16.5. The van der Waals surface area contributed by atoms with Crippen LogP contribution in [0, 0.1) is 17.8 Å². The second kappa shape index (κ2) is 11.2. The number of hydrogen-bond acceptors (Lipinski definition) is 6. The number of nitrogens with zero attached hydrogens (tertiary/aromatic N) is 3. The molecule has 0 bridgehead atoms. The van der Waals surface area contributed by atoms with Crippen molar-refractivity contribution in [2.75, 3.05) is 46.4 Å². The molecule has 2 aliphatic heterocycles. The van der Waals surface area contributed by atoms with Crippen LogP contribution in [0.25, 0.3) is 0 Å². The van der Waals surface area contributed by atoms with E-state index in [1.54, 1.807) is 7.11 Å². The Morgan fingerprint density at radius 1 is 0.943 bits per heavy atom. The number of rotatable bonds is 9. The maximum atomic E-state index is 13.6. The molecule has 1 aromatic rings. The molecular weight excluding hydrogens is 446 g/mol. The van der Waals surface area contributed by atoms with Crippen molar-refractivity contribution >= 4 is 17.7 Å². The summed E-state index contributed by atoms with van der Waals surface area (Å²) in [6.45, 7) is 8.03. The fourth-order valence-corrected chi connectivity index (χ4v) is 5.26. The molecule has 35 heavy (non-hydrogen) atoms. The van der Waals surface area contributed by atoms with Gasteiger partial charge in [0.05, 0.1) is 18.9 Å². The van der Waals surface area contributed by atoms with Gasteiger partial charge in [-0.3, -0.25) is 24.2 Å². The summed E-state index contributed by atoms with van der Waals surface area (Å²) in [6, 6.07) is 6.81. The van der Waals surface area contributed by atoms with Crippen molar-refractivity contribution in [2.45, 2.75) is 39.2 Å². The van der Waals surface area contributed by atoms with Crippen LogP contribution in [-0.2, 0) is 14.4 Å². The molecule has 2 saturated heterocycles.